The molecule has 0 aliphatic heterocycles. The number of aryl methyl sites for hydroxylation is 2. The summed E-state index contributed by atoms with van der Waals surface area (Å²) in [7, 11) is 0. The molecule has 2 aromatic rings. The van der Waals surface area contributed by atoms with Crippen molar-refractivity contribution < 1.29 is 0 Å². The highest BCUT2D eigenvalue weighted by molar-refractivity contribution is 5.25. The predicted molar refractivity (Wildman–Crippen MR) is 85.8 cm³/mol. The summed E-state index contributed by atoms with van der Waals surface area (Å²) in [4.78, 5) is 11.2. The van der Waals surface area contributed by atoms with Crippen LogP contribution < -0.4 is 5.73 Å². The number of rotatable bonds is 6. The average Bonchev–Trinajstić information content (AvgIpc) is 2.48. The number of hydrogen-bond acceptors (Lipinski definition) is 4. The van der Waals surface area contributed by atoms with Crippen molar-refractivity contribution in [3.05, 3.63) is 59.2 Å². The number of nitrogens with zero attached hydrogens (tertiary/aromatic N) is 3. The van der Waals surface area contributed by atoms with E-state index >= 15 is 0 Å². The summed E-state index contributed by atoms with van der Waals surface area (Å²) in [6.07, 6.45) is 3.75. The van der Waals surface area contributed by atoms with E-state index in [1.54, 1.807) is 0 Å². The van der Waals surface area contributed by atoms with Crippen molar-refractivity contribution in [1.82, 2.24) is 14.9 Å². The fourth-order valence-corrected chi connectivity index (χ4v) is 2.64. The highest BCUT2D eigenvalue weighted by Gasteiger charge is 2.20. The Kier molecular flexibility index (Phi) is 5.42. The Hall–Kier alpha value is -1.78. The molecular weight excluding hydrogens is 260 g/mol. The maximum atomic E-state index is 6.04. The fraction of sp³-hybridized carbons (Fsp3) is 0.412. The molecule has 0 bridgehead atoms. The molecule has 0 radical (unpaired) electrons. The van der Waals surface area contributed by atoms with Crippen LogP contribution in [0.25, 0.3) is 0 Å². The molecule has 0 saturated carbocycles. The minimum absolute atomic E-state index is 0.172. The van der Waals surface area contributed by atoms with Gasteiger partial charge in [0.05, 0.1) is 5.69 Å². The smallest absolute Gasteiger partial charge is 0.0547 e. The maximum absolute atomic E-state index is 6.04. The van der Waals surface area contributed by atoms with E-state index in [2.05, 4.69) is 40.8 Å². The zero-order valence-corrected chi connectivity index (χ0v) is 13.1. The van der Waals surface area contributed by atoms with E-state index in [1.807, 2.05) is 31.5 Å². The highest BCUT2D eigenvalue weighted by Crippen LogP contribution is 2.23. The van der Waals surface area contributed by atoms with Gasteiger partial charge in [0.2, 0.25) is 0 Å². The van der Waals surface area contributed by atoms with Gasteiger partial charge < -0.3 is 5.73 Å². The lowest BCUT2D eigenvalue weighted by Crippen LogP contribution is -2.34. The Balaban J connectivity index is 2.24. The lowest BCUT2D eigenvalue weighted by atomic mass is 10.0. The van der Waals surface area contributed by atoms with Crippen LogP contribution in [0.3, 0.4) is 0 Å². The summed E-state index contributed by atoms with van der Waals surface area (Å²) >= 11 is 0. The molecule has 2 N–H and O–H groups in total. The van der Waals surface area contributed by atoms with Crippen LogP contribution in [-0.2, 0) is 6.54 Å². The molecular formula is C17H24N4. The normalized spacial score (nSPS) is 12.6. The SMILES string of the molecule is CCN(Cc1cccc(C)n1)C(CN)c1cnccc1C. The molecule has 1 unspecified atom stereocenters. The van der Waals surface area contributed by atoms with Crippen LogP contribution in [0.5, 0.6) is 0 Å². The molecule has 0 aliphatic rings. The van der Waals surface area contributed by atoms with E-state index in [-0.39, 0.29) is 6.04 Å². The van der Waals surface area contributed by atoms with Crippen LogP contribution in [0.15, 0.2) is 36.7 Å². The Labute approximate surface area is 127 Å². The van der Waals surface area contributed by atoms with Gasteiger partial charge in [-0.15, -0.1) is 0 Å². The van der Waals surface area contributed by atoms with Crippen molar-refractivity contribution >= 4 is 0 Å². The molecule has 1 atom stereocenters. The molecule has 4 heteroatoms. The van der Waals surface area contributed by atoms with Crippen molar-refractivity contribution in [3.63, 3.8) is 0 Å². The summed E-state index contributed by atoms with van der Waals surface area (Å²) in [5, 5.41) is 0. The van der Waals surface area contributed by atoms with E-state index in [4.69, 9.17) is 5.73 Å². The molecule has 2 heterocycles. The minimum Gasteiger partial charge on any atom is -0.329 e. The third-order valence-corrected chi connectivity index (χ3v) is 3.82. The van der Waals surface area contributed by atoms with Gasteiger partial charge in [-0.05, 0) is 49.7 Å². The minimum atomic E-state index is 0.172. The maximum Gasteiger partial charge on any atom is 0.0547 e. The summed E-state index contributed by atoms with van der Waals surface area (Å²) in [5.74, 6) is 0. The van der Waals surface area contributed by atoms with Gasteiger partial charge in [-0.25, -0.2) is 0 Å². The molecule has 21 heavy (non-hydrogen) atoms. The molecule has 0 aliphatic carbocycles. The van der Waals surface area contributed by atoms with Gasteiger partial charge in [0.1, 0.15) is 0 Å². The van der Waals surface area contributed by atoms with Crippen molar-refractivity contribution in [1.29, 1.82) is 0 Å². The second-order valence-electron chi connectivity index (χ2n) is 5.32. The first-order valence-electron chi connectivity index (χ1n) is 7.42. The quantitative estimate of drug-likeness (QED) is 0.886. The number of pyridine rings is 2. The number of likely N-dealkylation sites (N-methyl/N-ethyl adjacent to an activating group) is 1. The van der Waals surface area contributed by atoms with Gasteiger partial charge in [0.25, 0.3) is 0 Å². The van der Waals surface area contributed by atoms with Crippen LogP contribution in [0.1, 0.15) is 35.5 Å². The van der Waals surface area contributed by atoms with Crippen molar-refractivity contribution in [2.24, 2.45) is 5.73 Å². The molecule has 2 aromatic heterocycles. The summed E-state index contributed by atoms with van der Waals surface area (Å²) < 4.78 is 0. The Morgan fingerprint density at radius 2 is 2.05 bits per heavy atom. The summed E-state index contributed by atoms with van der Waals surface area (Å²) in [6.45, 7) is 8.58. The first kappa shape index (κ1) is 15.6. The van der Waals surface area contributed by atoms with E-state index in [0.717, 1.165) is 24.5 Å². The first-order chi connectivity index (χ1) is 10.2. The van der Waals surface area contributed by atoms with Crippen LogP contribution in [0, 0.1) is 13.8 Å². The van der Waals surface area contributed by atoms with E-state index in [0.29, 0.717) is 6.54 Å². The van der Waals surface area contributed by atoms with Gasteiger partial charge >= 0.3 is 0 Å². The van der Waals surface area contributed by atoms with Crippen LogP contribution in [-0.4, -0.2) is 28.0 Å². The second-order valence-corrected chi connectivity index (χ2v) is 5.32. The molecule has 4 nitrogen and oxygen atoms in total. The lowest BCUT2D eigenvalue weighted by Gasteiger charge is -2.30. The predicted octanol–water partition coefficient (Wildman–Crippen LogP) is 2.62. The average molecular weight is 284 g/mol. The number of nitrogens with two attached hydrogens (primary N) is 1. The van der Waals surface area contributed by atoms with E-state index in [9.17, 15) is 0 Å². The summed E-state index contributed by atoms with van der Waals surface area (Å²) in [5.41, 5.74) is 10.6. The largest absolute Gasteiger partial charge is 0.329 e. The van der Waals surface area contributed by atoms with E-state index in [1.165, 1.54) is 11.1 Å². The summed E-state index contributed by atoms with van der Waals surface area (Å²) in [6, 6.07) is 8.35. The molecule has 0 aromatic carbocycles. The Morgan fingerprint density at radius 1 is 1.24 bits per heavy atom. The highest BCUT2D eigenvalue weighted by atomic mass is 15.2. The van der Waals surface area contributed by atoms with Gasteiger partial charge in [0.15, 0.2) is 0 Å². The molecule has 112 valence electrons. The molecule has 0 saturated heterocycles. The fourth-order valence-electron chi connectivity index (χ4n) is 2.64. The third kappa shape index (κ3) is 3.86. The number of aromatic nitrogens is 2. The van der Waals surface area contributed by atoms with Gasteiger partial charge in [-0.1, -0.05) is 13.0 Å². The first-order valence-corrected chi connectivity index (χ1v) is 7.42. The molecule has 0 fully saturated rings. The zero-order chi connectivity index (χ0) is 15.2. The monoisotopic (exact) mass is 284 g/mol. The topological polar surface area (TPSA) is 55.0 Å². The van der Waals surface area contributed by atoms with Gasteiger partial charge in [-0.3, -0.25) is 14.9 Å². The van der Waals surface area contributed by atoms with Gasteiger partial charge in [0, 0.05) is 37.2 Å². The van der Waals surface area contributed by atoms with E-state index < -0.39 is 0 Å². The second kappa shape index (κ2) is 7.29. The zero-order valence-electron chi connectivity index (χ0n) is 13.1. The standard InChI is InChI=1S/C17H24N4/c1-4-21(12-15-7-5-6-14(3)20-15)17(10-18)16-11-19-9-8-13(16)2/h5-9,11,17H,4,10,12,18H2,1-3H3. The third-order valence-electron chi connectivity index (χ3n) is 3.82. The lowest BCUT2D eigenvalue weighted by molar-refractivity contribution is 0.200. The van der Waals surface area contributed by atoms with Crippen molar-refractivity contribution in [3.8, 4) is 0 Å². The Bertz CT molecular complexity index is 583. The molecule has 0 spiro atoms. The van der Waals surface area contributed by atoms with Crippen LogP contribution in [0.4, 0.5) is 0 Å². The van der Waals surface area contributed by atoms with Crippen LogP contribution in [0.2, 0.25) is 0 Å². The molecule has 0 amide bonds. The van der Waals surface area contributed by atoms with Crippen molar-refractivity contribution in [2.75, 3.05) is 13.1 Å². The molecule has 2 rings (SSSR count). The Morgan fingerprint density at radius 3 is 2.67 bits per heavy atom. The number of hydrogen-bond donors (Lipinski definition) is 1. The van der Waals surface area contributed by atoms with Crippen molar-refractivity contribution in [2.45, 2.75) is 33.4 Å². The van der Waals surface area contributed by atoms with Gasteiger partial charge in [-0.2, -0.15) is 0 Å². The van der Waals surface area contributed by atoms with Crippen LogP contribution >= 0.6 is 0 Å².